The smallest absolute Gasteiger partial charge is 0.282 e. The fraction of sp³-hybridized carbons (Fsp3) is 0.238. The molecule has 0 N–H and O–H groups in total. The second-order valence-corrected chi connectivity index (χ2v) is 8.02. The summed E-state index contributed by atoms with van der Waals surface area (Å²) in [5.74, 6) is -3.11. The van der Waals surface area contributed by atoms with E-state index >= 15 is 0 Å². The van der Waals surface area contributed by atoms with Crippen molar-refractivity contribution in [2.75, 3.05) is 38.1 Å². The molecule has 9 heteroatoms. The van der Waals surface area contributed by atoms with Crippen LogP contribution in [0.25, 0.3) is 5.57 Å². The van der Waals surface area contributed by atoms with E-state index in [-0.39, 0.29) is 16.3 Å². The van der Waals surface area contributed by atoms with Crippen LogP contribution in [0.1, 0.15) is 5.56 Å². The van der Waals surface area contributed by atoms with Crippen LogP contribution in [0.15, 0.2) is 42.1 Å². The zero-order valence-corrected chi connectivity index (χ0v) is 17.5. The summed E-state index contributed by atoms with van der Waals surface area (Å²) >= 11 is 12.3. The highest BCUT2D eigenvalue weighted by Gasteiger charge is 2.44. The number of rotatable bonds is 3. The molecule has 2 heterocycles. The molecule has 0 spiro atoms. The van der Waals surface area contributed by atoms with Crippen LogP contribution in [0.4, 0.5) is 14.5 Å². The number of halogens is 4. The minimum atomic E-state index is -0.876. The molecular weight excluding hydrogens is 435 g/mol. The van der Waals surface area contributed by atoms with E-state index in [0.717, 1.165) is 18.2 Å². The highest BCUT2D eigenvalue weighted by atomic mass is 35.5. The second-order valence-electron chi connectivity index (χ2n) is 7.18. The highest BCUT2D eigenvalue weighted by Crippen LogP contribution is 2.39. The Balaban J connectivity index is 1.87. The van der Waals surface area contributed by atoms with Crippen LogP contribution in [0, 0.1) is 11.6 Å². The van der Waals surface area contributed by atoms with Gasteiger partial charge in [-0.25, -0.2) is 13.7 Å². The summed E-state index contributed by atoms with van der Waals surface area (Å²) in [5, 5.41) is 0.558. The lowest BCUT2D eigenvalue weighted by atomic mass is 10.0. The van der Waals surface area contributed by atoms with E-state index in [1.807, 2.05) is 7.05 Å². The Morgan fingerprint density at radius 3 is 2.27 bits per heavy atom. The number of piperazine rings is 1. The van der Waals surface area contributed by atoms with E-state index in [4.69, 9.17) is 23.2 Å². The summed E-state index contributed by atoms with van der Waals surface area (Å²) in [4.78, 5) is 31.3. The van der Waals surface area contributed by atoms with Crippen molar-refractivity contribution >= 4 is 46.3 Å². The number of likely N-dealkylation sites (N-methyl/N-ethyl adjacent to an activating group) is 1. The number of amides is 2. The molecule has 2 aromatic carbocycles. The molecule has 2 aliphatic rings. The first-order valence-electron chi connectivity index (χ1n) is 9.25. The van der Waals surface area contributed by atoms with Crippen molar-refractivity contribution in [1.29, 1.82) is 0 Å². The second kappa shape index (κ2) is 7.98. The lowest BCUT2D eigenvalue weighted by Gasteiger charge is -2.34. The minimum Gasteiger partial charge on any atom is -0.364 e. The number of carbonyl (C=O) groups excluding carboxylic acids is 2. The Hall–Kier alpha value is -2.48. The number of nitrogens with zero attached hydrogens (tertiary/aromatic N) is 3. The van der Waals surface area contributed by atoms with Crippen LogP contribution in [0.3, 0.4) is 0 Å². The Kier molecular flexibility index (Phi) is 5.53. The topological polar surface area (TPSA) is 43.9 Å². The van der Waals surface area contributed by atoms with Gasteiger partial charge in [-0.2, -0.15) is 0 Å². The van der Waals surface area contributed by atoms with Crippen molar-refractivity contribution in [3.8, 4) is 0 Å². The molecular formula is C21H17Cl2F2N3O2. The van der Waals surface area contributed by atoms with E-state index in [9.17, 15) is 18.4 Å². The molecule has 4 rings (SSSR count). The Bertz CT molecular complexity index is 1080. The molecule has 156 valence electrons. The maximum atomic E-state index is 14.5. The van der Waals surface area contributed by atoms with Crippen molar-refractivity contribution in [1.82, 2.24) is 9.80 Å². The minimum absolute atomic E-state index is 0.0508. The van der Waals surface area contributed by atoms with Crippen LogP contribution < -0.4 is 4.90 Å². The molecule has 5 nitrogen and oxygen atoms in total. The molecule has 0 bridgehead atoms. The molecule has 0 saturated carbocycles. The number of benzene rings is 2. The summed E-state index contributed by atoms with van der Waals surface area (Å²) in [7, 11) is 1.96. The van der Waals surface area contributed by atoms with Crippen molar-refractivity contribution in [2.24, 2.45) is 0 Å². The maximum absolute atomic E-state index is 14.5. The maximum Gasteiger partial charge on any atom is 0.282 e. The Morgan fingerprint density at radius 2 is 1.60 bits per heavy atom. The van der Waals surface area contributed by atoms with Crippen molar-refractivity contribution in [2.45, 2.75) is 0 Å². The number of carbonyl (C=O) groups is 2. The summed E-state index contributed by atoms with van der Waals surface area (Å²) < 4.78 is 28.3. The highest BCUT2D eigenvalue weighted by molar-refractivity contribution is 6.47. The van der Waals surface area contributed by atoms with Crippen LogP contribution in [-0.4, -0.2) is 54.8 Å². The molecule has 2 amide bonds. The Morgan fingerprint density at radius 1 is 0.900 bits per heavy atom. The molecule has 0 aromatic heterocycles. The van der Waals surface area contributed by atoms with Crippen LogP contribution >= 0.6 is 23.2 Å². The predicted octanol–water partition coefficient (Wildman–Crippen LogP) is 3.80. The zero-order valence-electron chi connectivity index (χ0n) is 16.0. The van der Waals surface area contributed by atoms with Gasteiger partial charge in [0.25, 0.3) is 11.8 Å². The first-order chi connectivity index (χ1) is 14.3. The number of hydrogen-bond acceptors (Lipinski definition) is 4. The van der Waals surface area contributed by atoms with E-state index < -0.39 is 29.1 Å². The fourth-order valence-electron chi connectivity index (χ4n) is 3.65. The third kappa shape index (κ3) is 3.57. The van der Waals surface area contributed by atoms with Crippen molar-refractivity contribution in [3.63, 3.8) is 0 Å². The first-order valence-corrected chi connectivity index (χ1v) is 10.0. The lowest BCUT2D eigenvalue weighted by molar-refractivity contribution is -0.120. The van der Waals surface area contributed by atoms with Gasteiger partial charge in [-0.3, -0.25) is 9.59 Å². The summed E-state index contributed by atoms with van der Waals surface area (Å²) in [5.41, 5.74) is 0.0558. The fourth-order valence-corrected chi connectivity index (χ4v) is 4.16. The van der Waals surface area contributed by atoms with Gasteiger partial charge in [0.15, 0.2) is 0 Å². The van der Waals surface area contributed by atoms with Gasteiger partial charge in [-0.1, -0.05) is 29.3 Å². The molecule has 30 heavy (non-hydrogen) atoms. The van der Waals surface area contributed by atoms with Crippen LogP contribution in [0.2, 0.25) is 10.0 Å². The van der Waals surface area contributed by atoms with Crippen molar-refractivity contribution < 1.29 is 18.4 Å². The summed E-state index contributed by atoms with van der Waals surface area (Å²) in [6, 6.07) is 7.21. The molecule has 2 aliphatic heterocycles. The average molecular weight is 452 g/mol. The molecule has 0 unspecified atom stereocenters. The third-order valence-electron chi connectivity index (χ3n) is 5.23. The van der Waals surface area contributed by atoms with Gasteiger partial charge in [-0.05, 0) is 31.3 Å². The molecule has 1 saturated heterocycles. The number of hydrogen-bond donors (Lipinski definition) is 0. The number of anilines is 1. The van der Waals surface area contributed by atoms with E-state index in [1.165, 1.54) is 6.07 Å². The average Bonchev–Trinajstić information content (AvgIpc) is 2.95. The zero-order chi connectivity index (χ0) is 21.6. The SMILES string of the molecule is CN1CCN(C2=C(c3ccc(Cl)cc3Cl)C(=O)N(c3cc(F)ccc3F)C2=O)CC1. The Labute approximate surface area is 182 Å². The standard InChI is InChI=1S/C21H17Cl2F2N3O2/c1-26-6-8-27(9-7-26)19-18(14-4-2-12(22)10-15(14)23)20(29)28(21(19)30)17-11-13(24)3-5-16(17)25/h2-5,10-11H,6-9H2,1H3. The van der Waals surface area contributed by atoms with Gasteiger partial charge < -0.3 is 9.80 Å². The van der Waals surface area contributed by atoms with Crippen molar-refractivity contribution in [3.05, 3.63) is 69.3 Å². The van der Waals surface area contributed by atoms with E-state index in [0.29, 0.717) is 41.7 Å². The molecule has 0 radical (unpaired) electrons. The van der Waals surface area contributed by atoms with Crippen LogP contribution in [0.5, 0.6) is 0 Å². The largest absolute Gasteiger partial charge is 0.364 e. The van der Waals surface area contributed by atoms with Gasteiger partial charge in [0.2, 0.25) is 0 Å². The molecule has 0 atom stereocenters. The molecule has 1 fully saturated rings. The van der Waals surface area contributed by atoms with Gasteiger partial charge in [0.1, 0.15) is 17.3 Å². The summed E-state index contributed by atoms with van der Waals surface area (Å²) in [6.45, 7) is 2.36. The number of imide groups is 1. The third-order valence-corrected chi connectivity index (χ3v) is 5.78. The van der Waals surface area contributed by atoms with Gasteiger partial charge in [0.05, 0.1) is 16.3 Å². The molecule has 2 aromatic rings. The molecule has 0 aliphatic carbocycles. The van der Waals surface area contributed by atoms with E-state index in [2.05, 4.69) is 4.90 Å². The van der Waals surface area contributed by atoms with Gasteiger partial charge in [0, 0.05) is 42.8 Å². The van der Waals surface area contributed by atoms with Gasteiger partial charge >= 0.3 is 0 Å². The normalized spacial score (nSPS) is 18.0. The quantitative estimate of drug-likeness (QED) is 0.665. The first kappa shape index (κ1) is 20.8. The van der Waals surface area contributed by atoms with E-state index in [1.54, 1.807) is 17.0 Å². The predicted molar refractivity (Wildman–Crippen MR) is 111 cm³/mol. The van der Waals surface area contributed by atoms with Crippen LogP contribution in [-0.2, 0) is 9.59 Å². The monoisotopic (exact) mass is 451 g/mol. The summed E-state index contributed by atoms with van der Waals surface area (Å²) in [6.07, 6.45) is 0. The lowest BCUT2D eigenvalue weighted by Crippen LogP contribution is -2.46. The van der Waals surface area contributed by atoms with Gasteiger partial charge in [-0.15, -0.1) is 0 Å².